The zero-order valence-electron chi connectivity index (χ0n) is 10.2. The average molecular weight is 289 g/mol. The molecule has 0 atom stereocenters. The highest BCUT2D eigenvalue weighted by atomic mass is 32.1. The van der Waals surface area contributed by atoms with Gasteiger partial charge in [0.2, 0.25) is 5.13 Å². The van der Waals surface area contributed by atoms with Crippen molar-refractivity contribution in [3.8, 4) is 0 Å². The Hall–Kier alpha value is -1.79. The molecule has 0 unspecified atom stereocenters. The summed E-state index contributed by atoms with van der Waals surface area (Å²) in [4.78, 5) is 12.2. The molecule has 1 amide bonds. The maximum absolute atomic E-state index is 12.2. The molecule has 4 nitrogen and oxygen atoms in total. The predicted molar refractivity (Wildman–Crippen MR) is 79.1 cm³/mol. The standard InChI is InChI=1S/C13H11N3OS2/c1-2-11-15-16-13(19-11)14-12(17)9-7-18-10-6-4-3-5-8(9)10/h3-7H,2H2,1H3,(H,14,16,17). The first kappa shape index (κ1) is 12.3. The quantitative estimate of drug-likeness (QED) is 0.802. The second kappa shape index (κ2) is 5.07. The molecule has 0 aliphatic carbocycles. The molecule has 0 spiro atoms. The minimum Gasteiger partial charge on any atom is -0.296 e. The Labute approximate surface area is 118 Å². The summed E-state index contributed by atoms with van der Waals surface area (Å²) >= 11 is 2.98. The molecule has 0 saturated carbocycles. The molecular weight excluding hydrogens is 278 g/mol. The van der Waals surface area contributed by atoms with Gasteiger partial charge in [-0.05, 0) is 12.5 Å². The Morgan fingerprint density at radius 1 is 1.32 bits per heavy atom. The number of nitrogens with one attached hydrogen (secondary N) is 1. The minimum absolute atomic E-state index is 0.128. The van der Waals surface area contributed by atoms with Gasteiger partial charge in [0.15, 0.2) is 0 Å². The molecule has 6 heteroatoms. The van der Waals surface area contributed by atoms with E-state index in [1.807, 2.05) is 36.6 Å². The number of hydrogen-bond donors (Lipinski definition) is 1. The van der Waals surface area contributed by atoms with Crippen molar-refractivity contribution >= 4 is 43.8 Å². The molecule has 0 fully saturated rings. The van der Waals surface area contributed by atoms with E-state index in [9.17, 15) is 4.79 Å². The van der Waals surface area contributed by atoms with Gasteiger partial charge in [-0.2, -0.15) is 0 Å². The van der Waals surface area contributed by atoms with E-state index in [1.165, 1.54) is 11.3 Å². The molecule has 2 heterocycles. The molecule has 0 saturated heterocycles. The normalized spacial score (nSPS) is 10.8. The van der Waals surface area contributed by atoms with Gasteiger partial charge in [-0.15, -0.1) is 21.5 Å². The topological polar surface area (TPSA) is 54.9 Å². The largest absolute Gasteiger partial charge is 0.296 e. The summed E-state index contributed by atoms with van der Waals surface area (Å²) in [6.07, 6.45) is 0.828. The molecule has 0 bridgehead atoms. The van der Waals surface area contributed by atoms with E-state index < -0.39 is 0 Å². The summed E-state index contributed by atoms with van der Waals surface area (Å²) in [7, 11) is 0. The summed E-state index contributed by atoms with van der Waals surface area (Å²) < 4.78 is 1.11. The van der Waals surface area contributed by atoms with Crippen molar-refractivity contribution in [3.63, 3.8) is 0 Å². The van der Waals surface area contributed by atoms with Crippen LogP contribution in [0.1, 0.15) is 22.3 Å². The van der Waals surface area contributed by atoms with E-state index >= 15 is 0 Å². The molecule has 1 aromatic carbocycles. The van der Waals surface area contributed by atoms with Crippen molar-refractivity contribution in [2.24, 2.45) is 0 Å². The van der Waals surface area contributed by atoms with Gasteiger partial charge in [0.05, 0.1) is 5.56 Å². The lowest BCUT2D eigenvalue weighted by atomic mass is 10.2. The number of hydrogen-bond acceptors (Lipinski definition) is 5. The van der Waals surface area contributed by atoms with E-state index in [0.29, 0.717) is 10.7 Å². The number of aryl methyl sites for hydroxylation is 1. The summed E-state index contributed by atoms with van der Waals surface area (Å²) in [5.41, 5.74) is 0.689. The molecule has 2 aromatic heterocycles. The van der Waals surface area contributed by atoms with Crippen LogP contribution in [0.5, 0.6) is 0 Å². The van der Waals surface area contributed by atoms with Crippen LogP contribution in [0.3, 0.4) is 0 Å². The highest BCUT2D eigenvalue weighted by Gasteiger charge is 2.13. The fraction of sp³-hybridized carbons (Fsp3) is 0.154. The number of benzene rings is 1. The summed E-state index contributed by atoms with van der Waals surface area (Å²) in [5, 5.41) is 15.1. The van der Waals surface area contributed by atoms with Crippen LogP contribution in [-0.4, -0.2) is 16.1 Å². The van der Waals surface area contributed by atoms with Gasteiger partial charge in [-0.3, -0.25) is 10.1 Å². The average Bonchev–Trinajstić information content (AvgIpc) is 3.04. The van der Waals surface area contributed by atoms with E-state index in [0.717, 1.165) is 21.5 Å². The summed E-state index contributed by atoms with van der Waals surface area (Å²) in [6, 6.07) is 7.87. The lowest BCUT2D eigenvalue weighted by Crippen LogP contribution is -2.10. The van der Waals surface area contributed by atoms with Gasteiger partial charge in [0.1, 0.15) is 5.01 Å². The minimum atomic E-state index is -0.128. The first-order valence-corrected chi connectivity index (χ1v) is 7.57. The number of rotatable bonds is 3. The lowest BCUT2D eigenvalue weighted by Gasteiger charge is -1.99. The van der Waals surface area contributed by atoms with E-state index in [4.69, 9.17) is 0 Å². The van der Waals surface area contributed by atoms with Crippen molar-refractivity contribution in [1.29, 1.82) is 0 Å². The highest BCUT2D eigenvalue weighted by Crippen LogP contribution is 2.26. The molecule has 96 valence electrons. The fourth-order valence-electron chi connectivity index (χ4n) is 1.77. The highest BCUT2D eigenvalue weighted by molar-refractivity contribution is 7.17. The first-order valence-electron chi connectivity index (χ1n) is 5.88. The third-order valence-electron chi connectivity index (χ3n) is 2.72. The van der Waals surface area contributed by atoms with Gasteiger partial charge in [-0.25, -0.2) is 0 Å². The Bertz CT molecular complexity index is 732. The van der Waals surface area contributed by atoms with Crippen LogP contribution in [0, 0.1) is 0 Å². The van der Waals surface area contributed by atoms with Crippen LogP contribution in [0.25, 0.3) is 10.1 Å². The van der Waals surface area contributed by atoms with Crippen LogP contribution in [-0.2, 0) is 6.42 Å². The Morgan fingerprint density at radius 3 is 2.95 bits per heavy atom. The monoisotopic (exact) mass is 289 g/mol. The lowest BCUT2D eigenvalue weighted by molar-refractivity contribution is 0.102. The van der Waals surface area contributed by atoms with Crippen LogP contribution in [0.15, 0.2) is 29.6 Å². The van der Waals surface area contributed by atoms with Gasteiger partial charge in [0, 0.05) is 15.5 Å². The zero-order chi connectivity index (χ0) is 13.2. The SMILES string of the molecule is CCc1nnc(NC(=O)c2csc3ccccc23)s1. The van der Waals surface area contributed by atoms with Gasteiger partial charge in [-0.1, -0.05) is 36.5 Å². The van der Waals surface area contributed by atoms with Gasteiger partial charge >= 0.3 is 0 Å². The van der Waals surface area contributed by atoms with E-state index in [1.54, 1.807) is 11.3 Å². The Balaban J connectivity index is 1.87. The maximum atomic E-state index is 12.2. The van der Waals surface area contributed by atoms with Crippen molar-refractivity contribution in [2.45, 2.75) is 13.3 Å². The third kappa shape index (κ3) is 2.36. The molecular formula is C13H11N3OS2. The second-order valence-corrected chi connectivity index (χ2v) is 5.93. The van der Waals surface area contributed by atoms with Crippen LogP contribution >= 0.6 is 22.7 Å². The third-order valence-corrected chi connectivity index (χ3v) is 4.66. The molecule has 0 radical (unpaired) electrons. The number of anilines is 1. The molecule has 19 heavy (non-hydrogen) atoms. The van der Waals surface area contributed by atoms with Crippen LogP contribution < -0.4 is 5.32 Å². The van der Waals surface area contributed by atoms with Gasteiger partial charge in [0.25, 0.3) is 5.91 Å². The molecule has 0 aliphatic heterocycles. The van der Waals surface area contributed by atoms with Crippen molar-refractivity contribution < 1.29 is 4.79 Å². The smallest absolute Gasteiger partial charge is 0.258 e. The number of fused-ring (bicyclic) bond motifs is 1. The Kier molecular flexibility index (Phi) is 3.27. The van der Waals surface area contributed by atoms with Crippen LogP contribution in [0.4, 0.5) is 5.13 Å². The maximum Gasteiger partial charge on any atom is 0.258 e. The number of nitrogens with zero attached hydrogens (tertiary/aromatic N) is 2. The fourth-order valence-corrected chi connectivity index (χ4v) is 3.38. The molecule has 1 N–H and O–H groups in total. The summed E-state index contributed by atoms with van der Waals surface area (Å²) in [5.74, 6) is -0.128. The molecule has 0 aliphatic rings. The number of aromatic nitrogens is 2. The van der Waals surface area contributed by atoms with Crippen LogP contribution in [0.2, 0.25) is 0 Å². The molecule has 3 rings (SSSR count). The van der Waals surface area contributed by atoms with Crippen molar-refractivity contribution in [3.05, 3.63) is 40.2 Å². The molecule has 3 aromatic rings. The zero-order valence-corrected chi connectivity index (χ0v) is 11.8. The van der Waals surface area contributed by atoms with E-state index in [2.05, 4.69) is 15.5 Å². The van der Waals surface area contributed by atoms with Crippen molar-refractivity contribution in [1.82, 2.24) is 10.2 Å². The number of carbonyl (C=O) groups excluding carboxylic acids is 1. The number of thiophene rings is 1. The second-order valence-electron chi connectivity index (χ2n) is 3.95. The Morgan fingerprint density at radius 2 is 2.16 bits per heavy atom. The predicted octanol–water partition coefficient (Wildman–Crippen LogP) is 3.57. The number of amides is 1. The van der Waals surface area contributed by atoms with E-state index in [-0.39, 0.29) is 5.91 Å². The first-order chi connectivity index (χ1) is 9.28. The summed E-state index contributed by atoms with van der Waals surface area (Å²) in [6.45, 7) is 2.01. The van der Waals surface area contributed by atoms with Gasteiger partial charge < -0.3 is 0 Å². The number of carbonyl (C=O) groups is 1. The van der Waals surface area contributed by atoms with Crippen molar-refractivity contribution in [2.75, 3.05) is 5.32 Å².